The number of nitrogens with two attached hydrogens (primary N) is 1. The van der Waals surface area contributed by atoms with E-state index in [0.717, 1.165) is 0 Å². The van der Waals surface area contributed by atoms with E-state index in [-0.39, 0.29) is 18.3 Å². The van der Waals surface area contributed by atoms with Crippen molar-refractivity contribution in [3.8, 4) is 0 Å². The van der Waals surface area contributed by atoms with Crippen LogP contribution in [0.5, 0.6) is 0 Å². The van der Waals surface area contributed by atoms with Crippen molar-refractivity contribution in [3.63, 3.8) is 0 Å². The molecule has 3 N–H and O–H groups in total. The molecule has 1 heterocycles. The van der Waals surface area contributed by atoms with E-state index >= 15 is 0 Å². The molecule has 5 heteroatoms. The van der Waals surface area contributed by atoms with Gasteiger partial charge < -0.3 is 15.5 Å². The first-order chi connectivity index (χ1) is 7.54. The van der Waals surface area contributed by atoms with E-state index in [2.05, 4.69) is 26.1 Å². The fourth-order valence-corrected chi connectivity index (χ4v) is 1.20. The van der Waals surface area contributed by atoms with Crippen LogP contribution in [0.1, 0.15) is 36.9 Å². The van der Waals surface area contributed by atoms with Crippen LogP contribution in [0.4, 0.5) is 0 Å². The Morgan fingerprint density at radius 2 is 2.12 bits per heavy atom. The van der Waals surface area contributed by atoms with E-state index in [4.69, 9.17) is 10.2 Å². The number of rotatable bonds is 5. The first-order valence-corrected chi connectivity index (χ1v) is 5.60. The number of halogens is 1. The highest BCUT2D eigenvalue weighted by molar-refractivity contribution is 5.93. The largest absolute Gasteiger partial charge is 0.467 e. The SMILES string of the molecule is CC(C)C(C)CNC(=O)c1coc(CN)c1.Cl. The van der Waals surface area contributed by atoms with Gasteiger partial charge in [0.25, 0.3) is 5.91 Å². The first-order valence-electron chi connectivity index (χ1n) is 5.60. The second kappa shape index (κ2) is 7.35. The second-order valence-electron chi connectivity index (χ2n) is 4.44. The fourth-order valence-electron chi connectivity index (χ4n) is 1.20. The molecule has 17 heavy (non-hydrogen) atoms. The minimum Gasteiger partial charge on any atom is -0.467 e. The van der Waals surface area contributed by atoms with Crippen molar-refractivity contribution in [2.45, 2.75) is 27.3 Å². The summed E-state index contributed by atoms with van der Waals surface area (Å²) in [4.78, 5) is 11.7. The van der Waals surface area contributed by atoms with Crippen LogP contribution in [-0.4, -0.2) is 12.5 Å². The summed E-state index contributed by atoms with van der Waals surface area (Å²) in [6.07, 6.45) is 1.44. The molecule has 0 aliphatic rings. The maximum absolute atomic E-state index is 11.7. The number of nitrogens with one attached hydrogen (secondary N) is 1. The van der Waals surface area contributed by atoms with Crippen molar-refractivity contribution in [2.75, 3.05) is 6.54 Å². The van der Waals surface area contributed by atoms with Gasteiger partial charge in [-0.15, -0.1) is 12.4 Å². The van der Waals surface area contributed by atoms with Gasteiger partial charge >= 0.3 is 0 Å². The Morgan fingerprint density at radius 1 is 1.47 bits per heavy atom. The summed E-state index contributed by atoms with van der Waals surface area (Å²) in [6, 6.07) is 1.68. The van der Waals surface area contributed by atoms with Crippen molar-refractivity contribution >= 4 is 18.3 Å². The molecule has 0 aromatic carbocycles. The van der Waals surface area contributed by atoms with Gasteiger partial charge in [0, 0.05) is 6.54 Å². The number of carbonyl (C=O) groups excluding carboxylic acids is 1. The number of hydrogen-bond donors (Lipinski definition) is 2. The zero-order valence-corrected chi connectivity index (χ0v) is 11.3. The maximum Gasteiger partial charge on any atom is 0.254 e. The fraction of sp³-hybridized carbons (Fsp3) is 0.583. The lowest BCUT2D eigenvalue weighted by atomic mass is 9.98. The van der Waals surface area contributed by atoms with Crippen molar-refractivity contribution in [1.82, 2.24) is 5.32 Å². The molecule has 0 saturated heterocycles. The van der Waals surface area contributed by atoms with E-state index in [9.17, 15) is 4.79 Å². The third kappa shape index (κ3) is 4.79. The molecule has 1 aromatic rings. The van der Waals surface area contributed by atoms with Crippen LogP contribution in [0, 0.1) is 11.8 Å². The van der Waals surface area contributed by atoms with Gasteiger partial charge in [-0.3, -0.25) is 4.79 Å². The summed E-state index contributed by atoms with van der Waals surface area (Å²) < 4.78 is 5.10. The molecule has 0 radical (unpaired) electrons. The predicted molar refractivity (Wildman–Crippen MR) is 70.2 cm³/mol. The van der Waals surface area contributed by atoms with Gasteiger partial charge in [-0.2, -0.15) is 0 Å². The van der Waals surface area contributed by atoms with Crippen LogP contribution in [0.25, 0.3) is 0 Å². The predicted octanol–water partition coefficient (Wildman–Crippen LogP) is 2.18. The smallest absolute Gasteiger partial charge is 0.254 e. The average molecular weight is 261 g/mol. The van der Waals surface area contributed by atoms with E-state index in [1.165, 1.54) is 6.26 Å². The van der Waals surface area contributed by atoms with Gasteiger partial charge in [-0.25, -0.2) is 0 Å². The van der Waals surface area contributed by atoms with Gasteiger partial charge in [0.2, 0.25) is 0 Å². The molecule has 4 nitrogen and oxygen atoms in total. The molecular formula is C12H21ClN2O2. The minimum absolute atomic E-state index is 0. The lowest BCUT2D eigenvalue weighted by Crippen LogP contribution is -2.29. The average Bonchev–Trinajstić information content (AvgIpc) is 2.73. The molecule has 98 valence electrons. The second-order valence-corrected chi connectivity index (χ2v) is 4.44. The first kappa shape index (κ1) is 16.0. The molecule has 0 aliphatic heterocycles. The molecule has 1 rings (SSSR count). The quantitative estimate of drug-likeness (QED) is 0.853. The van der Waals surface area contributed by atoms with Gasteiger partial charge in [-0.1, -0.05) is 20.8 Å². The Balaban J connectivity index is 0.00000256. The van der Waals surface area contributed by atoms with Gasteiger partial charge in [-0.05, 0) is 17.9 Å². The summed E-state index contributed by atoms with van der Waals surface area (Å²) in [5, 5.41) is 2.88. The third-order valence-electron chi connectivity index (χ3n) is 2.84. The van der Waals surface area contributed by atoms with Crippen LogP contribution in [0.2, 0.25) is 0 Å². The van der Waals surface area contributed by atoms with Crippen LogP contribution in [0.15, 0.2) is 16.7 Å². The third-order valence-corrected chi connectivity index (χ3v) is 2.84. The summed E-state index contributed by atoms with van der Waals surface area (Å²) in [6.45, 7) is 7.39. The summed E-state index contributed by atoms with van der Waals surface area (Å²) in [5.74, 6) is 1.55. The van der Waals surface area contributed by atoms with Gasteiger partial charge in [0.1, 0.15) is 12.0 Å². The van der Waals surface area contributed by atoms with E-state index in [1.54, 1.807) is 6.07 Å². The zero-order valence-electron chi connectivity index (χ0n) is 10.5. The monoisotopic (exact) mass is 260 g/mol. The summed E-state index contributed by atoms with van der Waals surface area (Å²) in [7, 11) is 0. The molecule has 0 spiro atoms. The standard InChI is InChI=1S/C12H20N2O2.ClH/c1-8(2)9(3)6-14-12(15)10-4-11(5-13)16-7-10;/h4,7-9H,5-6,13H2,1-3H3,(H,14,15);1H. The van der Waals surface area contributed by atoms with E-state index in [0.29, 0.717) is 36.2 Å². The van der Waals surface area contributed by atoms with Gasteiger partial charge in [0.05, 0.1) is 12.1 Å². The summed E-state index contributed by atoms with van der Waals surface area (Å²) >= 11 is 0. The Hall–Kier alpha value is -1.00. The highest BCUT2D eigenvalue weighted by Crippen LogP contribution is 2.09. The van der Waals surface area contributed by atoms with Crippen LogP contribution >= 0.6 is 12.4 Å². The lowest BCUT2D eigenvalue weighted by Gasteiger charge is -2.15. The lowest BCUT2D eigenvalue weighted by molar-refractivity contribution is 0.0944. The van der Waals surface area contributed by atoms with Crippen molar-refractivity contribution < 1.29 is 9.21 Å². The molecule has 0 bridgehead atoms. The topological polar surface area (TPSA) is 68.3 Å². The van der Waals surface area contributed by atoms with E-state index < -0.39 is 0 Å². The Morgan fingerprint density at radius 3 is 2.59 bits per heavy atom. The van der Waals surface area contributed by atoms with Crippen molar-refractivity contribution in [3.05, 3.63) is 23.7 Å². The summed E-state index contributed by atoms with van der Waals surface area (Å²) in [5.41, 5.74) is 5.94. The zero-order chi connectivity index (χ0) is 12.1. The molecule has 1 unspecified atom stereocenters. The number of hydrogen-bond acceptors (Lipinski definition) is 3. The Labute approximate surface area is 108 Å². The molecule has 0 fully saturated rings. The Bertz CT molecular complexity index is 350. The molecule has 0 saturated carbocycles. The van der Waals surface area contributed by atoms with E-state index in [1.807, 2.05) is 0 Å². The highest BCUT2D eigenvalue weighted by Gasteiger charge is 2.12. The van der Waals surface area contributed by atoms with Gasteiger partial charge in [0.15, 0.2) is 0 Å². The molecule has 0 aliphatic carbocycles. The highest BCUT2D eigenvalue weighted by atomic mass is 35.5. The van der Waals surface area contributed by atoms with Crippen LogP contribution in [0.3, 0.4) is 0 Å². The normalized spacial score (nSPS) is 12.1. The van der Waals surface area contributed by atoms with Crippen molar-refractivity contribution in [2.24, 2.45) is 17.6 Å². The minimum atomic E-state index is -0.101. The molecule has 1 aromatic heterocycles. The number of amides is 1. The van der Waals surface area contributed by atoms with Crippen LogP contribution < -0.4 is 11.1 Å². The number of furan rings is 1. The number of carbonyl (C=O) groups is 1. The van der Waals surface area contributed by atoms with Crippen molar-refractivity contribution in [1.29, 1.82) is 0 Å². The van der Waals surface area contributed by atoms with Crippen LogP contribution in [-0.2, 0) is 6.54 Å². The molecular weight excluding hydrogens is 240 g/mol. The molecule has 1 atom stereocenters. The molecule has 1 amide bonds. The maximum atomic E-state index is 11.7. The Kier molecular flexibility index (Phi) is 6.92.